The van der Waals surface area contributed by atoms with Crippen LogP contribution in [-0.2, 0) is 4.79 Å². The molecule has 0 aromatic rings. The molecule has 2 rings (SSSR count). The van der Waals surface area contributed by atoms with Crippen LogP contribution in [0.3, 0.4) is 0 Å². The summed E-state index contributed by atoms with van der Waals surface area (Å²) in [5, 5.41) is 0. The van der Waals surface area contributed by atoms with Crippen LogP contribution in [0.25, 0.3) is 0 Å². The van der Waals surface area contributed by atoms with Gasteiger partial charge in [0.05, 0.1) is 6.04 Å². The van der Waals surface area contributed by atoms with Crippen LogP contribution >= 0.6 is 0 Å². The van der Waals surface area contributed by atoms with Crippen molar-refractivity contribution in [1.82, 2.24) is 4.90 Å². The summed E-state index contributed by atoms with van der Waals surface area (Å²) in [6.07, 6.45) is 5.31. The van der Waals surface area contributed by atoms with Crippen molar-refractivity contribution in [3.63, 3.8) is 0 Å². The van der Waals surface area contributed by atoms with Gasteiger partial charge >= 0.3 is 0 Å². The number of nitrogens with zero attached hydrogens (tertiary/aromatic N) is 1. The maximum atomic E-state index is 11.2. The van der Waals surface area contributed by atoms with Crippen LogP contribution in [0.1, 0.15) is 32.1 Å². The van der Waals surface area contributed by atoms with Crippen molar-refractivity contribution < 1.29 is 4.79 Å². The van der Waals surface area contributed by atoms with Crippen molar-refractivity contribution in [1.29, 1.82) is 0 Å². The Morgan fingerprint density at radius 2 is 2.00 bits per heavy atom. The summed E-state index contributed by atoms with van der Waals surface area (Å²) >= 11 is 0. The van der Waals surface area contributed by atoms with E-state index in [1.807, 2.05) is 0 Å². The molecule has 2 fully saturated rings. The number of rotatable bonds is 2. The number of hydrogen-bond acceptors (Lipinski definition) is 3. The highest BCUT2D eigenvalue weighted by Gasteiger charge is 2.37. The number of amides is 1. The van der Waals surface area contributed by atoms with Gasteiger partial charge < -0.3 is 11.5 Å². The summed E-state index contributed by atoms with van der Waals surface area (Å²) in [6, 6.07) is 0.833. The van der Waals surface area contributed by atoms with E-state index in [2.05, 4.69) is 4.90 Å². The third-order valence-corrected chi connectivity index (χ3v) is 3.49. The molecule has 4 N–H and O–H groups in total. The van der Waals surface area contributed by atoms with Crippen LogP contribution in [0, 0.1) is 0 Å². The van der Waals surface area contributed by atoms with Gasteiger partial charge in [0.1, 0.15) is 0 Å². The van der Waals surface area contributed by atoms with E-state index in [0.29, 0.717) is 12.1 Å². The van der Waals surface area contributed by atoms with E-state index < -0.39 is 0 Å². The highest BCUT2D eigenvalue weighted by molar-refractivity contribution is 5.80. The zero-order valence-corrected chi connectivity index (χ0v) is 8.48. The highest BCUT2D eigenvalue weighted by Crippen LogP contribution is 2.29. The predicted molar refractivity (Wildman–Crippen MR) is 54.5 cm³/mol. The topological polar surface area (TPSA) is 72.4 Å². The number of carbonyl (C=O) groups is 1. The smallest absolute Gasteiger partial charge is 0.234 e. The zero-order chi connectivity index (χ0) is 10.1. The summed E-state index contributed by atoms with van der Waals surface area (Å²) in [4.78, 5) is 13.5. The molecule has 2 aliphatic rings. The first-order valence-corrected chi connectivity index (χ1v) is 5.49. The molecule has 1 amide bonds. The molecule has 80 valence electrons. The minimum atomic E-state index is -0.162. The van der Waals surface area contributed by atoms with Gasteiger partial charge in [-0.25, -0.2) is 0 Å². The van der Waals surface area contributed by atoms with E-state index in [-0.39, 0.29) is 11.9 Å². The second-order valence-corrected chi connectivity index (χ2v) is 4.54. The molecule has 0 aromatic heterocycles. The molecule has 1 atom stereocenters. The first-order chi connectivity index (χ1) is 6.68. The molecular formula is C10H19N3O. The largest absolute Gasteiger partial charge is 0.368 e. The second kappa shape index (κ2) is 3.87. The Morgan fingerprint density at radius 3 is 2.57 bits per heavy atom. The normalized spacial score (nSPS) is 39.1. The van der Waals surface area contributed by atoms with Gasteiger partial charge in [-0.3, -0.25) is 9.69 Å². The van der Waals surface area contributed by atoms with Gasteiger partial charge in [-0.1, -0.05) is 6.42 Å². The summed E-state index contributed by atoms with van der Waals surface area (Å²) in [6.45, 7) is 1.02. The lowest BCUT2D eigenvalue weighted by Gasteiger charge is -2.46. The minimum Gasteiger partial charge on any atom is -0.368 e. The Bertz CT molecular complexity index is 225. The van der Waals surface area contributed by atoms with E-state index >= 15 is 0 Å². The summed E-state index contributed by atoms with van der Waals surface area (Å²) in [7, 11) is 0. The molecule has 0 spiro atoms. The van der Waals surface area contributed by atoms with Gasteiger partial charge in [-0.2, -0.15) is 0 Å². The first-order valence-electron chi connectivity index (χ1n) is 5.49. The highest BCUT2D eigenvalue weighted by atomic mass is 16.1. The lowest BCUT2D eigenvalue weighted by atomic mass is 9.83. The lowest BCUT2D eigenvalue weighted by Crippen LogP contribution is -2.58. The summed E-state index contributed by atoms with van der Waals surface area (Å²) in [5.41, 5.74) is 11.2. The molecule has 0 aromatic carbocycles. The summed E-state index contributed by atoms with van der Waals surface area (Å²) < 4.78 is 0. The van der Waals surface area contributed by atoms with Crippen molar-refractivity contribution in [2.24, 2.45) is 11.5 Å². The van der Waals surface area contributed by atoms with Crippen molar-refractivity contribution in [2.75, 3.05) is 6.54 Å². The maximum Gasteiger partial charge on any atom is 0.234 e. The Kier molecular flexibility index (Phi) is 2.74. The Morgan fingerprint density at radius 1 is 1.29 bits per heavy atom. The van der Waals surface area contributed by atoms with Crippen LogP contribution in [0.2, 0.25) is 0 Å². The SMILES string of the molecule is NC(=O)C1CCCCN1C1CC(N)C1. The van der Waals surface area contributed by atoms with Gasteiger partial charge in [-0.15, -0.1) is 0 Å². The Labute approximate surface area is 84.6 Å². The average Bonchev–Trinajstić information content (AvgIpc) is 2.13. The minimum absolute atomic E-state index is 0.0266. The predicted octanol–water partition coefficient (Wildman–Crippen LogP) is -0.184. The van der Waals surface area contributed by atoms with Crippen molar-refractivity contribution in [2.45, 2.75) is 50.2 Å². The molecule has 1 saturated carbocycles. The van der Waals surface area contributed by atoms with E-state index in [9.17, 15) is 4.79 Å². The standard InChI is InChI=1S/C10H19N3O/c11-7-5-8(6-7)13-4-2-1-3-9(13)10(12)14/h7-9H,1-6,11H2,(H2,12,14). The van der Waals surface area contributed by atoms with Gasteiger partial charge in [0.25, 0.3) is 0 Å². The van der Waals surface area contributed by atoms with Gasteiger partial charge in [0, 0.05) is 12.1 Å². The van der Waals surface area contributed by atoms with Crippen molar-refractivity contribution in [3.8, 4) is 0 Å². The van der Waals surface area contributed by atoms with Crippen molar-refractivity contribution in [3.05, 3.63) is 0 Å². The average molecular weight is 197 g/mol. The van der Waals surface area contributed by atoms with E-state index in [0.717, 1.165) is 32.2 Å². The molecular weight excluding hydrogens is 178 g/mol. The number of carbonyl (C=O) groups excluding carboxylic acids is 1. The van der Waals surface area contributed by atoms with Gasteiger partial charge in [0.2, 0.25) is 5.91 Å². The Balaban J connectivity index is 1.96. The van der Waals surface area contributed by atoms with E-state index in [1.54, 1.807) is 0 Å². The lowest BCUT2D eigenvalue weighted by molar-refractivity contribution is -0.126. The molecule has 1 saturated heterocycles. The molecule has 14 heavy (non-hydrogen) atoms. The molecule has 0 radical (unpaired) electrons. The number of hydrogen-bond donors (Lipinski definition) is 2. The molecule has 4 nitrogen and oxygen atoms in total. The molecule has 1 heterocycles. The van der Waals surface area contributed by atoms with E-state index in [1.165, 1.54) is 6.42 Å². The monoisotopic (exact) mass is 197 g/mol. The summed E-state index contributed by atoms with van der Waals surface area (Å²) in [5.74, 6) is -0.162. The maximum absolute atomic E-state index is 11.2. The molecule has 1 aliphatic carbocycles. The fourth-order valence-electron chi connectivity index (χ4n) is 2.60. The van der Waals surface area contributed by atoms with Crippen LogP contribution in [0.5, 0.6) is 0 Å². The van der Waals surface area contributed by atoms with Crippen LogP contribution < -0.4 is 11.5 Å². The van der Waals surface area contributed by atoms with Gasteiger partial charge in [0.15, 0.2) is 0 Å². The molecule has 1 aliphatic heterocycles. The second-order valence-electron chi connectivity index (χ2n) is 4.54. The number of likely N-dealkylation sites (tertiary alicyclic amines) is 1. The molecule has 1 unspecified atom stereocenters. The van der Waals surface area contributed by atoms with Crippen LogP contribution in [-0.4, -0.2) is 35.5 Å². The fraction of sp³-hybridized carbons (Fsp3) is 0.900. The number of primary amides is 1. The van der Waals surface area contributed by atoms with Gasteiger partial charge in [-0.05, 0) is 32.2 Å². The fourth-order valence-corrected chi connectivity index (χ4v) is 2.60. The molecule has 4 heteroatoms. The van der Waals surface area contributed by atoms with Crippen molar-refractivity contribution >= 4 is 5.91 Å². The molecule has 0 bridgehead atoms. The first kappa shape index (κ1) is 9.93. The van der Waals surface area contributed by atoms with Crippen LogP contribution in [0.15, 0.2) is 0 Å². The third kappa shape index (κ3) is 1.77. The Hall–Kier alpha value is -0.610. The quantitative estimate of drug-likeness (QED) is 0.645. The zero-order valence-electron chi connectivity index (χ0n) is 8.48. The number of piperidine rings is 1. The number of nitrogens with two attached hydrogens (primary N) is 2. The third-order valence-electron chi connectivity index (χ3n) is 3.49. The van der Waals surface area contributed by atoms with E-state index in [4.69, 9.17) is 11.5 Å². The van der Waals surface area contributed by atoms with Crippen LogP contribution in [0.4, 0.5) is 0 Å².